The number of benzene rings is 2. The summed E-state index contributed by atoms with van der Waals surface area (Å²) in [5.74, 6) is -0.441. The number of nitrogens with zero attached hydrogens (tertiary/aromatic N) is 2. The van der Waals surface area contributed by atoms with Gasteiger partial charge in [-0.3, -0.25) is 18.7 Å². The summed E-state index contributed by atoms with van der Waals surface area (Å²) in [6.45, 7) is -0.0162. The van der Waals surface area contributed by atoms with Gasteiger partial charge in [0.1, 0.15) is 6.54 Å². The number of hydrogen-bond acceptors (Lipinski definition) is 3. The van der Waals surface area contributed by atoms with E-state index in [1.807, 2.05) is 30.3 Å². The molecule has 0 atom stereocenters. The van der Waals surface area contributed by atoms with Gasteiger partial charge in [0.05, 0.1) is 6.54 Å². The Bertz CT molecular complexity index is 1020. The second-order valence-electron chi connectivity index (χ2n) is 5.69. The van der Waals surface area contributed by atoms with Crippen LogP contribution in [0.3, 0.4) is 0 Å². The van der Waals surface area contributed by atoms with Gasteiger partial charge < -0.3 is 5.32 Å². The van der Waals surface area contributed by atoms with Crippen molar-refractivity contribution in [2.75, 3.05) is 5.32 Å². The number of halogens is 1. The van der Waals surface area contributed by atoms with E-state index in [1.54, 1.807) is 24.3 Å². The second-order valence-corrected chi connectivity index (χ2v) is 6.61. The van der Waals surface area contributed by atoms with Crippen LogP contribution in [0.2, 0.25) is 0 Å². The van der Waals surface area contributed by atoms with Crippen molar-refractivity contribution in [3.05, 3.63) is 97.7 Å². The lowest BCUT2D eigenvalue weighted by atomic mass is 10.2. The maximum Gasteiger partial charge on any atom is 0.331 e. The van der Waals surface area contributed by atoms with E-state index < -0.39 is 17.2 Å². The number of hydrogen-bond donors (Lipinski definition) is 1. The first kappa shape index (κ1) is 17.9. The third kappa shape index (κ3) is 4.37. The Morgan fingerprint density at radius 3 is 2.35 bits per heavy atom. The summed E-state index contributed by atoms with van der Waals surface area (Å²) in [7, 11) is 0. The van der Waals surface area contributed by atoms with Crippen molar-refractivity contribution >= 4 is 27.5 Å². The minimum absolute atomic E-state index is 0.328. The first-order valence-electron chi connectivity index (χ1n) is 7.92. The van der Waals surface area contributed by atoms with Crippen molar-refractivity contribution in [3.63, 3.8) is 0 Å². The van der Waals surface area contributed by atoms with E-state index >= 15 is 0 Å². The molecule has 0 unspecified atom stereocenters. The molecular formula is C19H16BrN3O3. The highest BCUT2D eigenvalue weighted by molar-refractivity contribution is 9.10. The molecule has 1 heterocycles. The van der Waals surface area contributed by atoms with Crippen molar-refractivity contribution in [3.8, 4) is 0 Å². The highest BCUT2D eigenvalue weighted by atomic mass is 79.9. The molecule has 0 bridgehead atoms. The second kappa shape index (κ2) is 7.97. The van der Waals surface area contributed by atoms with Crippen LogP contribution in [0.1, 0.15) is 5.56 Å². The molecule has 7 heteroatoms. The van der Waals surface area contributed by atoms with Gasteiger partial charge in [0.2, 0.25) is 5.91 Å². The molecule has 0 aliphatic carbocycles. The molecule has 1 amide bonds. The highest BCUT2D eigenvalue weighted by Crippen LogP contribution is 2.13. The number of rotatable bonds is 5. The largest absolute Gasteiger partial charge is 0.331 e. The molecule has 0 saturated carbocycles. The average Bonchev–Trinajstić information content (AvgIpc) is 2.64. The molecule has 0 aliphatic heterocycles. The summed E-state index contributed by atoms with van der Waals surface area (Å²) in [6, 6.07) is 17.7. The smallest absolute Gasteiger partial charge is 0.325 e. The zero-order chi connectivity index (χ0) is 18.5. The lowest BCUT2D eigenvalue weighted by Gasteiger charge is -2.10. The number of amides is 1. The Balaban J connectivity index is 1.79. The zero-order valence-corrected chi connectivity index (χ0v) is 15.3. The molecule has 1 aromatic heterocycles. The fourth-order valence-electron chi connectivity index (χ4n) is 2.48. The number of carbonyl (C=O) groups excluding carboxylic acids is 1. The van der Waals surface area contributed by atoms with Gasteiger partial charge in [0.15, 0.2) is 0 Å². The van der Waals surface area contributed by atoms with E-state index in [1.165, 1.54) is 16.8 Å². The van der Waals surface area contributed by atoms with Crippen LogP contribution in [-0.2, 0) is 17.9 Å². The molecule has 0 aliphatic rings. The van der Waals surface area contributed by atoms with Gasteiger partial charge in [-0.05, 0) is 29.8 Å². The number of nitrogens with one attached hydrogen (secondary N) is 1. The maximum absolute atomic E-state index is 12.6. The van der Waals surface area contributed by atoms with E-state index in [0.29, 0.717) is 12.2 Å². The van der Waals surface area contributed by atoms with Crippen LogP contribution in [0.4, 0.5) is 5.69 Å². The first-order valence-corrected chi connectivity index (χ1v) is 8.72. The molecule has 0 fully saturated rings. The molecule has 3 rings (SSSR count). The normalized spacial score (nSPS) is 10.5. The van der Waals surface area contributed by atoms with Crippen LogP contribution >= 0.6 is 15.9 Å². The van der Waals surface area contributed by atoms with Crippen LogP contribution in [0.25, 0.3) is 0 Å². The van der Waals surface area contributed by atoms with E-state index in [2.05, 4.69) is 21.2 Å². The van der Waals surface area contributed by atoms with E-state index in [-0.39, 0.29) is 6.54 Å². The van der Waals surface area contributed by atoms with Gasteiger partial charge in [-0.1, -0.05) is 46.3 Å². The summed E-state index contributed by atoms with van der Waals surface area (Å²) in [5.41, 5.74) is 0.489. The molecule has 0 spiro atoms. The molecule has 132 valence electrons. The van der Waals surface area contributed by atoms with Crippen molar-refractivity contribution < 1.29 is 4.79 Å². The van der Waals surface area contributed by atoms with Crippen LogP contribution < -0.4 is 16.6 Å². The number of aromatic nitrogens is 2. The van der Waals surface area contributed by atoms with Crippen molar-refractivity contribution in [1.82, 2.24) is 9.13 Å². The fraction of sp³-hybridized carbons (Fsp3) is 0.105. The minimum atomic E-state index is -0.521. The first-order chi connectivity index (χ1) is 12.5. The number of carbonyl (C=O) groups is 1. The van der Waals surface area contributed by atoms with Gasteiger partial charge >= 0.3 is 5.69 Å². The molecule has 0 radical (unpaired) electrons. The Labute approximate surface area is 157 Å². The van der Waals surface area contributed by atoms with Crippen LogP contribution in [0, 0.1) is 0 Å². The molecule has 0 saturated heterocycles. The van der Waals surface area contributed by atoms with Crippen LogP contribution in [0.15, 0.2) is 80.9 Å². The lowest BCUT2D eigenvalue weighted by Crippen LogP contribution is -2.41. The fourth-order valence-corrected chi connectivity index (χ4v) is 2.74. The van der Waals surface area contributed by atoms with Crippen LogP contribution in [0.5, 0.6) is 0 Å². The van der Waals surface area contributed by atoms with Gasteiger partial charge in [0.25, 0.3) is 5.56 Å². The Morgan fingerprint density at radius 1 is 0.962 bits per heavy atom. The monoisotopic (exact) mass is 413 g/mol. The van der Waals surface area contributed by atoms with Crippen molar-refractivity contribution in [2.45, 2.75) is 13.1 Å². The zero-order valence-electron chi connectivity index (χ0n) is 13.8. The predicted octanol–water partition coefficient (Wildman–Crippen LogP) is 2.46. The van der Waals surface area contributed by atoms with E-state index in [0.717, 1.165) is 14.6 Å². The molecule has 1 N–H and O–H groups in total. The molecule has 26 heavy (non-hydrogen) atoms. The summed E-state index contributed by atoms with van der Waals surface area (Å²) in [6.07, 6.45) is 1.45. The van der Waals surface area contributed by atoms with Crippen molar-refractivity contribution in [1.29, 1.82) is 0 Å². The van der Waals surface area contributed by atoms with Gasteiger partial charge in [-0.25, -0.2) is 4.79 Å². The highest BCUT2D eigenvalue weighted by Gasteiger charge is 2.10. The Hall–Kier alpha value is -2.93. The van der Waals surface area contributed by atoms with Crippen molar-refractivity contribution in [2.24, 2.45) is 0 Å². The minimum Gasteiger partial charge on any atom is -0.325 e. The summed E-state index contributed by atoms with van der Waals surface area (Å²) in [5, 5.41) is 2.67. The summed E-state index contributed by atoms with van der Waals surface area (Å²) >= 11 is 3.32. The number of anilines is 1. The van der Waals surface area contributed by atoms with E-state index in [9.17, 15) is 14.4 Å². The maximum atomic E-state index is 12.6. The average molecular weight is 414 g/mol. The summed E-state index contributed by atoms with van der Waals surface area (Å²) in [4.78, 5) is 36.8. The molecule has 3 aromatic rings. The van der Waals surface area contributed by atoms with Gasteiger partial charge in [-0.15, -0.1) is 0 Å². The lowest BCUT2D eigenvalue weighted by molar-refractivity contribution is -0.116. The van der Waals surface area contributed by atoms with E-state index in [4.69, 9.17) is 0 Å². The summed E-state index contributed by atoms with van der Waals surface area (Å²) < 4.78 is 3.22. The quantitative estimate of drug-likeness (QED) is 0.697. The standard InChI is InChI=1S/C19H16BrN3O3/c20-15-6-8-16(9-7-15)21-17(24)13-23-18(25)10-11-22(19(23)26)12-14-4-2-1-3-5-14/h1-11H,12-13H2,(H,21,24). The molecule has 2 aromatic carbocycles. The third-order valence-corrected chi connectivity index (χ3v) is 4.29. The topological polar surface area (TPSA) is 73.1 Å². The van der Waals surface area contributed by atoms with Gasteiger partial charge in [-0.2, -0.15) is 0 Å². The molecule has 6 nitrogen and oxygen atoms in total. The Morgan fingerprint density at radius 2 is 1.65 bits per heavy atom. The predicted molar refractivity (Wildman–Crippen MR) is 103 cm³/mol. The SMILES string of the molecule is O=C(Cn1c(=O)ccn(Cc2ccccc2)c1=O)Nc1ccc(Br)cc1. The van der Waals surface area contributed by atoms with Gasteiger partial charge in [0, 0.05) is 22.4 Å². The van der Waals surface area contributed by atoms with Crippen LogP contribution in [-0.4, -0.2) is 15.0 Å². The third-order valence-electron chi connectivity index (χ3n) is 3.77. The molecular weight excluding hydrogens is 398 g/mol. The Kier molecular flexibility index (Phi) is 5.48.